The van der Waals surface area contributed by atoms with E-state index in [4.69, 9.17) is 0 Å². The lowest BCUT2D eigenvalue weighted by atomic mass is 10.0. The number of carbonyl (C=O) groups is 2. The summed E-state index contributed by atoms with van der Waals surface area (Å²) in [5.41, 5.74) is 4.94. The van der Waals surface area contributed by atoms with Crippen molar-refractivity contribution in [3.8, 4) is 10.4 Å². The van der Waals surface area contributed by atoms with E-state index in [1.807, 2.05) is 43.6 Å². The number of aliphatic hydroxyl groups is 1. The Labute approximate surface area is 163 Å². The van der Waals surface area contributed by atoms with Crippen molar-refractivity contribution >= 4 is 23.2 Å². The van der Waals surface area contributed by atoms with Crippen molar-refractivity contribution in [3.05, 3.63) is 41.0 Å². The van der Waals surface area contributed by atoms with Crippen LogP contribution in [0.2, 0.25) is 0 Å². The maximum atomic E-state index is 12.7. The van der Waals surface area contributed by atoms with E-state index in [1.54, 1.807) is 18.3 Å². The Bertz CT molecular complexity index is 818. The fraction of sp³-hybridized carbons (Fsp3) is 0.450. The van der Waals surface area contributed by atoms with Gasteiger partial charge in [0.2, 0.25) is 11.8 Å². The van der Waals surface area contributed by atoms with E-state index in [1.165, 1.54) is 4.90 Å². The van der Waals surface area contributed by atoms with Crippen LogP contribution in [0, 0.1) is 6.92 Å². The number of β-amino-alcohol motifs (C(OH)–C–C–N with tert-alkyl or cyclic N) is 1. The smallest absolute Gasteiger partial charge is 0.243 e. The highest BCUT2D eigenvalue weighted by Crippen LogP contribution is 2.28. The third-order valence-electron chi connectivity index (χ3n) is 4.98. The molecule has 2 heterocycles. The SMILES string of the molecule is CCC(=O)N1C[C@H](O)C[C@H]1C(=O)N[C@H](C)c1ccc(-c2scnc2C)cc1. The molecule has 2 aromatic rings. The fourth-order valence-electron chi connectivity index (χ4n) is 3.44. The number of aromatic nitrogens is 1. The Kier molecular flexibility index (Phi) is 5.92. The number of aliphatic hydroxyl groups excluding tert-OH is 1. The van der Waals surface area contributed by atoms with Gasteiger partial charge in [-0.2, -0.15) is 0 Å². The molecule has 1 aromatic carbocycles. The maximum Gasteiger partial charge on any atom is 0.243 e. The molecule has 0 saturated carbocycles. The predicted octanol–water partition coefficient (Wildman–Crippen LogP) is 2.67. The van der Waals surface area contributed by atoms with E-state index in [0.717, 1.165) is 21.7 Å². The molecule has 27 heavy (non-hydrogen) atoms. The largest absolute Gasteiger partial charge is 0.391 e. The molecule has 1 fully saturated rings. The highest BCUT2D eigenvalue weighted by Gasteiger charge is 2.38. The number of aryl methyl sites for hydroxylation is 1. The second kappa shape index (κ2) is 8.19. The molecule has 2 N–H and O–H groups in total. The van der Waals surface area contributed by atoms with Crippen LogP contribution in [0.1, 0.15) is 44.0 Å². The molecule has 0 unspecified atom stereocenters. The second-order valence-corrected chi connectivity index (χ2v) is 7.78. The summed E-state index contributed by atoms with van der Waals surface area (Å²) in [4.78, 5) is 31.6. The average molecular weight is 388 g/mol. The number of hydrogen-bond donors (Lipinski definition) is 2. The minimum atomic E-state index is -0.645. The quantitative estimate of drug-likeness (QED) is 0.826. The number of nitrogens with zero attached hydrogens (tertiary/aromatic N) is 2. The molecule has 1 aliphatic heterocycles. The first-order valence-electron chi connectivity index (χ1n) is 9.19. The molecule has 1 saturated heterocycles. The van der Waals surface area contributed by atoms with Crippen molar-refractivity contribution < 1.29 is 14.7 Å². The minimum Gasteiger partial charge on any atom is -0.391 e. The van der Waals surface area contributed by atoms with Gasteiger partial charge in [0, 0.05) is 19.4 Å². The van der Waals surface area contributed by atoms with E-state index < -0.39 is 12.1 Å². The van der Waals surface area contributed by atoms with Gasteiger partial charge in [-0.3, -0.25) is 9.59 Å². The number of likely N-dealkylation sites (tertiary alicyclic amines) is 1. The van der Waals surface area contributed by atoms with Gasteiger partial charge in [-0.1, -0.05) is 31.2 Å². The van der Waals surface area contributed by atoms with Crippen LogP contribution in [-0.4, -0.2) is 45.5 Å². The molecule has 1 aromatic heterocycles. The van der Waals surface area contributed by atoms with Crippen LogP contribution in [0.15, 0.2) is 29.8 Å². The molecule has 0 bridgehead atoms. The number of rotatable bonds is 5. The molecule has 0 spiro atoms. The zero-order chi connectivity index (χ0) is 19.6. The van der Waals surface area contributed by atoms with Crippen molar-refractivity contribution in [3.63, 3.8) is 0 Å². The van der Waals surface area contributed by atoms with Gasteiger partial charge in [0.15, 0.2) is 0 Å². The van der Waals surface area contributed by atoms with Crippen LogP contribution >= 0.6 is 11.3 Å². The van der Waals surface area contributed by atoms with Gasteiger partial charge < -0.3 is 15.3 Å². The Morgan fingerprint density at radius 1 is 1.37 bits per heavy atom. The summed E-state index contributed by atoms with van der Waals surface area (Å²) in [7, 11) is 0. The first-order valence-corrected chi connectivity index (χ1v) is 10.1. The highest BCUT2D eigenvalue weighted by molar-refractivity contribution is 7.13. The molecule has 0 radical (unpaired) electrons. The minimum absolute atomic E-state index is 0.108. The number of hydrogen-bond acceptors (Lipinski definition) is 5. The van der Waals surface area contributed by atoms with Gasteiger partial charge in [-0.05, 0) is 25.0 Å². The Morgan fingerprint density at radius 3 is 2.67 bits per heavy atom. The van der Waals surface area contributed by atoms with Gasteiger partial charge in [0.25, 0.3) is 0 Å². The van der Waals surface area contributed by atoms with Gasteiger partial charge in [-0.25, -0.2) is 4.98 Å². The summed E-state index contributed by atoms with van der Waals surface area (Å²) >= 11 is 1.61. The van der Waals surface area contributed by atoms with Crippen LogP contribution in [0.4, 0.5) is 0 Å². The van der Waals surface area contributed by atoms with Gasteiger partial charge >= 0.3 is 0 Å². The van der Waals surface area contributed by atoms with Crippen LogP contribution in [-0.2, 0) is 9.59 Å². The van der Waals surface area contributed by atoms with Crippen LogP contribution in [0.5, 0.6) is 0 Å². The third-order valence-corrected chi connectivity index (χ3v) is 5.96. The summed E-state index contributed by atoms with van der Waals surface area (Å²) in [5.74, 6) is -0.327. The van der Waals surface area contributed by atoms with Crippen molar-refractivity contribution in [1.82, 2.24) is 15.2 Å². The lowest BCUT2D eigenvalue weighted by Gasteiger charge is -2.25. The summed E-state index contributed by atoms with van der Waals surface area (Å²) < 4.78 is 0. The molecule has 6 nitrogen and oxygen atoms in total. The van der Waals surface area contributed by atoms with Crippen LogP contribution in [0.25, 0.3) is 10.4 Å². The number of amides is 2. The molecule has 7 heteroatoms. The third kappa shape index (κ3) is 4.20. The molecule has 1 aliphatic rings. The average Bonchev–Trinajstić information content (AvgIpc) is 3.26. The standard InChI is InChI=1S/C20H25N3O3S/c1-4-18(25)23-10-16(24)9-17(23)20(26)22-12(2)14-5-7-15(8-6-14)19-13(3)21-11-27-19/h5-8,11-12,16-17,24H,4,9-10H2,1-3H3,(H,22,26)/t12-,16-,17+/m1/s1. The summed E-state index contributed by atoms with van der Waals surface area (Å²) in [6.07, 6.45) is -0.0354. The van der Waals surface area contributed by atoms with E-state index >= 15 is 0 Å². The van der Waals surface area contributed by atoms with E-state index in [-0.39, 0.29) is 30.8 Å². The van der Waals surface area contributed by atoms with Gasteiger partial charge in [0.1, 0.15) is 6.04 Å². The predicted molar refractivity (Wildman–Crippen MR) is 105 cm³/mol. The first-order chi connectivity index (χ1) is 12.9. The van der Waals surface area contributed by atoms with E-state index in [2.05, 4.69) is 10.3 Å². The zero-order valence-electron chi connectivity index (χ0n) is 15.8. The lowest BCUT2D eigenvalue weighted by Crippen LogP contribution is -2.46. The summed E-state index contributed by atoms with van der Waals surface area (Å²) in [6.45, 7) is 5.89. The Hall–Kier alpha value is -2.25. The number of benzene rings is 1. The normalized spacial score (nSPS) is 20.5. The number of nitrogens with one attached hydrogen (secondary N) is 1. The van der Waals surface area contributed by atoms with Crippen molar-refractivity contribution in [2.24, 2.45) is 0 Å². The molecular formula is C20H25N3O3S. The first kappa shape index (κ1) is 19.5. The molecule has 2 amide bonds. The van der Waals surface area contributed by atoms with Gasteiger partial charge in [0.05, 0.1) is 28.2 Å². The number of thiazole rings is 1. The topological polar surface area (TPSA) is 82.5 Å². The van der Waals surface area contributed by atoms with Crippen LogP contribution < -0.4 is 5.32 Å². The Morgan fingerprint density at radius 2 is 2.07 bits per heavy atom. The molecule has 144 valence electrons. The van der Waals surface area contributed by atoms with E-state index in [9.17, 15) is 14.7 Å². The van der Waals surface area contributed by atoms with Crippen molar-refractivity contribution in [1.29, 1.82) is 0 Å². The molecule has 0 aliphatic carbocycles. The Balaban J connectivity index is 1.67. The molecule has 3 rings (SSSR count). The monoisotopic (exact) mass is 387 g/mol. The second-order valence-electron chi connectivity index (χ2n) is 6.92. The summed E-state index contributed by atoms with van der Waals surface area (Å²) in [5, 5.41) is 12.9. The summed E-state index contributed by atoms with van der Waals surface area (Å²) in [6, 6.07) is 7.27. The zero-order valence-corrected chi connectivity index (χ0v) is 16.6. The maximum absolute atomic E-state index is 12.7. The molecule has 3 atom stereocenters. The molecular weight excluding hydrogens is 362 g/mol. The lowest BCUT2D eigenvalue weighted by molar-refractivity contribution is -0.138. The van der Waals surface area contributed by atoms with Crippen LogP contribution in [0.3, 0.4) is 0 Å². The van der Waals surface area contributed by atoms with Gasteiger partial charge in [-0.15, -0.1) is 11.3 Å². The van der Waals surface area contributed by atoms with Crippen molar-refractivity contribution in [2.75, 3.05) is 6.54 Å². The van der Waals surface area contributed by atoms with Crippen molar-refractivity contribution in [2.45, 2.75) is 51.8 Å². The number of carbonyl (C=O) groups excluding carboxylic acids is 2. The highest BCUT2D eigenvalue weighted by atomic mass is 32.1. The van der Waals surface area contributed by atoms with E-state index in [0.29, 0.717) is 6.42 Å². The fourth-order valence-corrected chi connectivity index (χ4v) is 4.25.